The van der Waals surface area contributed by atoms with E-state index in [-0.39, 0.29) is 11.7 Å². The van der Waals surface area contributed by atoms with E-state index < -0.39 is 0 Å². The van der Waals surface area contributed by atoms with Crippen molar-refractivity contribution in [2.75, 3.05) is 19.8 Å². The Labute approximate surface area is 135 Å². The SMILES string of the molecule is CC.CC(OCCOc1ccccc1)C1CCCCC12CO2. The molecule has 0 aromatic heterocycles. The molecule has 3 atom stereocenters. The van der Waals surface area contributed by atoms with Gasteiger partial charge in [-0.15, -0.1) is 0 Å². The summed E-state index contributed by atoms with van der Waals surface area (Å²) in [6, 6.07) is 9.89. The summed E-state index contributed by atoms with van der Waals surface area (Å²) < 4.78 is 17.4. The molecule has 0 amide bonds. The van der Waals surface area contributed by atoms with E-state index in [1.165, 1.54) is 25.7 Å². The molecule has 0 radical (unpaired) electrons. The summed E-state index contributed by atoms with van der Waals surface area (Å²) in [4.78, 5) is 0. The van der Waals surface area contributed by atoms with Crippen LogP contribution in [-0.2, 0) is 9.47 Å². The van der Waals surface area contributed by atoms with Crippen molar-refractivity contribution in [2.24, 2.45) is 5.92 Å². The van der Waals surface area contributed by atoms with Crippen LogP contribution in [0.2, 0.25) is 0 Å². The van der Waals surface area contributed by atoms with Crippen molar-refractivity contribution in [3.05, 3.63) is 30.3 Å². The van der Waals surface area contributed by atoms with Crippen molar-refractivity contribution in [1.82, 2.24) is 0 Å². The Morgan fingerprint density at radius 2 is 1.91 bits per heavy atom. The molecule has 3 nitrogen and oxygen atoms in total. The molecule has 2 fully saturated rings. The highest BCUT2D eigenvalue weighted by atomic mass is 16.6. The highest BCUT2D eigenvalue weighted by Gasteiger charge is 2.54. The van der Waals surface area contributed by atoms with E-state index in [0.29, 0.717) is 19.1 Å². The first-order valence-electron chi connectivity index (χ1n) is 8.74. The molecular formula is C19H30O3. The molecule has 124 valence electrons. The van der Waals surface area contributed by atoms with Gasteiger partial charge in [0.1, 0.15) is 12.4 Å². The second-order valence-corrected chi connectivity index (χ2v) is 5.94. The summed E-state index contributed by atoms with van der Waals surface area (Å²) in [5, 5.41) is 0. The molecule has 3 unspecified atom stereocenters. The van der Waals surface area contributed by atoms with Crippen molar-refractivity contribution < 1.29 is 14.2 Å². The van der Waals surface area contributed by atoms with E-state index in [4.69, 9.17) is 14.2 Å². The van der Waals surface area contributed by atoms with Gasteiger partial charge in [0, 0.05) is 5.92 Å². The third kappa shape index (κ3) is 4.47. The van der Waals surface area contributed by atoms with Crippen LogP contribution in [-0.4, -0.2) is 31.5 Å². The molecule has 1 aliphatic carbocycles. The van der Waals surface area contributed by atoms with E-state index in [0.717, 1.165) is 12.4 Å². The largest absolute Gasteiger partial charge is 0.491 e. The minimum Gasteiger partial charge on any atom is -0.491 e. The van der Waals surface area contributed by atoms with Crippen molar-refractivity contribution in [3.63, 3.8) is 0 Å². The minimum atomic E-state index is 0.165. The highest BCUT2D eigenvalue weighted by molar-refractivity contribution is 5.20. The van der Waals surface area contributed by atoms with E-state index in [9.17, 15) is 0 Å². The normalized spacial score (nSPS) is 27.7. The third-order valence-corrected chi connectivity index (χ3v) is 4.60. The number of hydrogen-bond acceptors (Lipinski definition) is 3. The van der Waals surface area contributed by atoms with E-state index >= 15 is 0 Å². The molecule has 2 aliphatic rings. The van der Waals surface area contributed by atoms with Crippen molar-refractivity contribution in [2.45, 2.75) is 58.2 Å². The minimum absolute atomic E-state index is 0.165. The summed E-state index contributed by atoms with van der Waals surface area (Å²) in [5.41, 5.74) is 0.165. The third-order valence-electron chi connectivity index (χ3n) is 4.60. The molecule has 1 heterocycles. The van der Waals surface area contributed by atoms with E-state index in [2.05, 4.69) is 6.92 Å². The average molecular weight is 306 g/mol. The number of hydrogen-bond donors (Lipinski definition) is 0. The average Bonchev–Trinajstić information content (AvgIpc) is 3.34. The number of rotatable bonds is 6. The molecule has 1 aliphatic heterocycles. The topological polar surface area (TPSA) is 31.0 Å². The molecule has 1 spiro atoms. The van der Waals surface area contributed by atoms with E-state index in [1.807, 2.05) is 44.2 Å². The Bertz CT molecular complexity index is 414. The van der Waals surface area contributed by atoms with Gasteiger partial charge in [0.15, 0.2) is 0 Å². The molecule has 0 bridgehead atoms. The van der Waals surface area contributed by atoms with Crippen LogP contribution in [0.25, 0.3) is 0 Å². The maximum Gasteiger partial charge on any atom is 0.119 e. The van der Waals surface area contributed by atoms with Gasteiger partial charge in [-0.1, -0.05) is 44.9 Å². The van der Waals surface area contributed by atoms with Gasteiger partial charge in [0.2, 0.25) is 0 Å². The lowest BCUT2D eigenvalue weighted by Gasteiger charge is -2.33. The standard InChI is InChI=1S/C17H24O3.C2H6/c1-14(16-9-5-6-10-17(16)13-20-17)18-11-12-19-15-7-3-2-4-8-15;1-2/h2-4,7-8,14,16H,5-6,9-13H2,1H3;1-2H3. The van der Waals surface area contributed by atoms with Crippen LogP contribution < -0.4 is 4.74 Å². The van der Waals surface area contributed by atoms with Gasteiger partial charge in [-0.2, -0.15) is 0 Å². The molecule has 0 N–H and O–H groups in total. The smallest absolute Gasteiger partial charge is 0.119 e. The van der Waals surface area contributed by atoms with Gasteiger partial charge >= 0.3 is 0 Å². The first-order valence-corrected chi connectivity index (χ1v) is 8.74. The molecule has 3 heteroatoms. The molecule has 1 aromatic rings. The maximum atomic E-state index is 5.97. The summed E-state index contributed by atoms with van der Waals surface area (Å²) in [6.45, 7) is 8.37. The summed E-state index contributed by atoms with van der Waals surface area (Å²) in [7, 11) is 0. The second kappa shape index (κ2) is 8.54. The molecule has 1 saturated carbocycles. The van der Waals surface area contributed by atoms with Gasteiger partial charge in [0.05, 0.1) is 24.9 Å². The number of epoxide rings is 1. The van der Waals surface area contributed by atoms with Crippen molar-refractivity contribution in [1.29, 1.82) is 0 Å². The van der Waals surface area contributed by atoms with Crippen molar-refractivity contribution in [3.8, 4) is 5.75 Å². The molecule has 1 saturated heterocycles. The lowest BCUT2D eigenvalue weighted by atomic mass is 9.76. The van der Waals surface area contributed by atoms with Crippen LogP contribution in [0.5, 0.6) is 5.75 Å². The Morgan fingerprint density at radius 3 is 2.59 bits per heavy atom. The van der Waals surface area contributed by atoms with Gasteiger partial charge < -0.3 is 14.2 Å². The van der Waals surface area contributed by atoms with Crippen LogP contribution in [0.1, 0.15) is 46.5 Å². The van der Waals surface area contributed by atoms with Crippen LogP contribution in [0.3, 0.4) is 0 Å². The van der Waals surface area contributed by atoms with Gasteiger partial charge in [0.25, 0.3) is 0 Å². The Morgan fingerprint density at radius 1 is 1.18 bits per heavy atom. The first kappa shape index (κ1) is 17.3. The molecule has 1 aromatic carbocycles. The Balaban J connectivity index is 0.000000847. The zero-order valence-electron chi connectivity index (χ0n) is 14.2. The van der Waals surface area contributed by atoms with Gasteiger partial charge in [-0.05, 0) is 31.9 Å². The van der Waals surface area contributed by atoms with Crippen LogP contribution in [0.15, 0.2) is 30.3 Å². The molecule has 22 heavy (non-hydrogen) atoms. The predicted octanol–water partition coefficient (Wildman–Crippen LogP) is 4.46. The molecular weight excluding hydrogens is 276 g/mol. The summed E-state index contributed by atoms with van der Waals surface area (Å²) >= 11 is 0. The summed E-state index contributed by atoms with van der Waals surface area (Å²) in [5.74, 6) is 1.47. The number of ether oxygens (including phenoxy) is 3. The summed E-state index contributed by atoms with van der Waals surface area (Å²) in [6.07, 6.45) is 5.33. The monoisotopic (exact) mass is 306 g/mol. The zero-order chi connectivity index (χ0) is 15.8. The maximum absolute atomic E-state index is 5.97. The first-order chi connectivity index (χ1) is 10.8. The lowest BCUT2D eigenvalue weighted by molar-refractivity contribution is -0.0285. The van der Waals surface area contributed by atoms with Crippen LogP contribution >= 0.6 is 0 Å². The van der Waals surface area contributed by atoms with Crippen molar-refractivity contribution >= 4 is 0 Å². The van der Waals surface area contributed by atoms with Crippen LogP contribution in [0, 0.1) is 5.92 Å². The Kier molecular flexibility index (Phi) is 6.71. The fraction of sp³-hybridized carbons (Fsp3) is 0.684. The zero-order valence-corrected chi connectivity index (χ0v) is 14.2. The van der Waals surface area contributed by atoms with Gasteiger partial charge in [-0.25, -0.2) is 0 Å². The predicted molar refractivity (Wildman–Crippen MR) is 89.3 cm³/mol. The lowest BCUT2D eigenvalue weighted by Crippen LogP contribution is -2.38. The fourth-order valence-corrected chi connectivity index (χ4v) is 3.38. The molecule has 3 rings (SSSR count). The number of para-hydroxylation sites is 1. The second-order valence-electron chi connectivity index (χ2n) is 5.94. The highest BCUT2D eigenvalue weighted by Crippen LogP contribution is 2.47. The number of benzene rings is 1. The fourth-order valence-electron chi connectivity index (χ4n) is 3.38. The quantitative estimate of drug-likeness (QED) is 0.574. The Hall–Kier alpha value is -1.06. The van der Waals surface area contributed by atoms with E-state index in [1.54, 1.807) is 0 Å². The van der Waals surface area contributed by atoms with Crippen LogP contribution in [0.4, 0.5) is 0 Å². The van der Waals surface area contributed by atoms with Gasteiger partial charge in [-0.3, -0.25) is 0 Å².